The van der Waals surface area contributed by atoms with Crippen molar-refractivity contribution in [2.24, 2.45) is 5.73 Å². The summed E-state index contributed by atoms with van der Waals surface area (Å²) in [7, 11) is 0. The molecule has 0 spiro atoms. The first-order valence-electron chi connectivity index (χ1n) is 4.67. The van der Waals surface area contributed by atoms with E-state index < -0.39 is 0 Å². The summed E-state index contributed by atoms with van der Waals surface area (Å²) >= 11 is 0. The van der Waals surface area contributed by atoms with Crippen LogP contribution in [0.5, 0.6) is 0 Å². The second kappa shape index (κ2) is 4.07. The Morgan fingerprint density at radius 2 is 1.91 bits per heavy atom. The largest absolute Gasteiger partial charge is 0.375 e. The zero-order chi connectivity index (χ0) is 8.27. The van der Waals surface area contributed by atoms with Crippen LogP contribution in [0.2, 0.25) is 0 Å². The van der Waals surface area contributed by atoms with Crippen molar-refractivity contribution >= 4 is 0 Å². The molecular weight excluding hydrogens is 138 g/mol. The summed E-state index contributed by atoms with van der Waals surface area (Å²) in [6.45, 7) is 4.35. The van der Waals surface area contributed by atoms with Gasteiger partial charge >= 0.3 is 0 Å². The van der Waals surface area contributed by atoms with Gasteiger partial charge in [0.2, 0.25) is 0 Å². The molecule has 0 aromatic carbocycles. The summed E-state index contributed by atoms with van der Waals surface area (Å²) in [6.07, 6.45) is 5.32. The molecule has 1 rings (SSSR count). The van der Waals surface area contributed by atoms with Crippen molar-refractivity contribution in [2.45, 2.75) is 57.8 Å². The predicted octanol–water partition coefficient (Wildman–Crippen LogP) is 1.68. The minimum atomic E-state index is 0.411. The van der Waals surface area contributed by atoms with Crippen molar-refractivity contribution < 1.29 is 4.74 Å². The molecule has 0 aliphatic heterocycles. The van der Waals surface area contributed by atoms with E-state index in [1.54, 1.807) is 0 Å². The van der Waals surface area contributed by atoms with E-state index >= 15 is 0 Å². The highest BCUT2D eigenvalue weighted by Crippen LogP contribution is 2.23. The fourth-order valence-electron chi connectivity index (χ4n) is 1.47. The van der Waals surface area contributed by atoms with Gasteiger partial charge in [0.15, 0.2) is 0 Å². The normalized spacial score (nSPS) is 30.5. The monoisotopic (exact) mass is 157 g/mol. The fourth-order valence-corrected chi connectivity index (χ4v) is 1.47. The van der Waals surface area contributed by atoms with Gasteiger partial charge in [-0.3, -0.25) is 0 Å². The van der Waals surface area contributed by atoms with Gasteiger partial charge in [-0.2, -0.15) is 0 Å². The first-order valence-corrected chi connectivity index (χ1v) is 4.67. The molecule has 0 radical (unpaired) electrons. The van der Waals surface area contributed by atoms with Crippen LogP contribution in [-0.4, -0.2) is 18.2 Å². The van der Waals surface area contributed by atoms with Gasteiger partial charge in [-0.05, 0) is 25.7 Å². The summed E-state index contributed by atoms with van der Waals surface area (Å²) in [5, 5.41) is 0. The lowest BCUT2D eigenvalue weighted by molar-refractivity contribution is -0.0610. The van der Waals surface area contributed by atoms with Crippen LogP contribution in [0.1, 0.15) is 39.5 Å². The Balaban J connectivity index is 2.09. The predicted molar refractivity (Wildman–Crippen MR) is 46.5 cm³/mol. The summed E-state index contributed by atoms with van der Waals surface area (Å²) in [5.74, 6) is 0. The average Bonchev–Trinajstić information content (AvgIpc) is 1.96. The highest BCUT2D eigenvalue weighted by molar-refractivity contribution is 4.83. The molecule has 66 valence electrons. The van der Waals surface area contributed by atoms with Crippen LogP contribution in [0, 0.1) is 0 Å². The van der Waals surface area contributed by atoms with Crippen molar-refractivity contribution in [3.8, 4) is 0 Å². The molecule has 0 unspecified atom stereocenters. The van der Waals surface area contributed by atoms with Gasteiger partial charge < -0.3 is 10.5 Å². The van der Waals surface area contributed by atoms with Crippen molar-refractivity contribution in [3.05, 3.63) is 0 Å². The van der Waals surface area contributed by atoms with Crippen LogP contribution >= 0.6 is 0 Å². The third-order valence-electron chi connectivity index (χ3n) is 2.43. The third-order valence-corrected chi connectivity index (χ3v) is 2.43. The standard InChI is InChI=1S/C9H19NO/c1-3-8(4-2)11-9-5-7(10)6-9/h7-9H,3-6,10H2,1-2H3. The Morgan fingerprint density at radius 1 is 1.36 bits per heavy atom. The van der Waals surface area contributed by atoms with Crippen molar-refractivity contribution in [1.82, 2.24) is 0 Å². The maximum absolute atomic E-state index is 5.78. The number of ether oxygens (including phenoxy) is 1. The van der Waals surface area contributed by atoms with Gasteiger partial charge in [0, 0.05) is 6.04 Å². The van der Waals surface area contributed by atoms with Crippen LogP contribution in [0.3, 0.4) is 0 Å². The van der Waals surface area contributed by atoms with Crippen LogP contribution < -0.4 is 5.73 Å². The minimum absolute atomic E-state index is 0.411. The molecule has 0 saturated heterocycles. The summed E-state index contributed by atoms with van der Waals surface area (Å²) < 4.78 is 5.78. The lowest BCUT2D eigenvalue weighted by Crippen LogP contribution is -2.43. The Bertz CT molecular complexity index is 106. The first-order chi connectivity index (χ1) is 5.26. The molecule has 2 nitrogen and oxygen atoms in total. The molecule has 0 bridgehead atoms. The molecule has 1 fully saturated rings. The topological polar surface area (TPSA) is 35.2 Å². The van der Waals surface area contributed by atoms with Gasteiger partial charge in [0.05, 0.1) is 12.2 Å². The molecule has 0 atom stereocenters. The molecule has 0 heterocycles. The Labute approximate surface area is 69.1 Å². The quantitative estimate of drug-likeness (QED) is 0.674. The molecule has 1 aliphatic carbocycles. The Morgan fingerprint density at radius 3 is 2.27 bits per heavy atom. The lowest BCUT2D eigenvalue weighted by atomic mass is 9.90. The number of hydrogen-bond acceptors (Lipinski definition) is 2. The van der Waals surface area contributed by atoms with Gasteiger partial charge in [-0.1, -0.05) is 13.8 Å². The molecule has 2 N–H and O–H groups in total. The highest BCUT2D eigenvalue weighted by atomic mass is 16.5. The maximum Gasteiger partial charge on any atom is 0.0608 e. The molecule has 11 heavy (non-hydrogen) atoms. The Hall–Kier alpha value is -0.0800. The minimum Gasteiger partial charge on any atom is -0.375 e. The first kappa shape index (κ1) is 9.01. The van der Waals surface area contributed by atoms with E-state index in [9.17, 15) is 0 Å². The van der Waals surface area contributed by atoms with Gasteiger partial charge in [-0.25, -0.2) is 0 Å². The molecule has 1 saturated carbocycles. The second-order valence-electron chi connectivity index (χ2n) is 3.43. The van der Waals surface area contributed by atoms with Crippen molar-refractivity contribution in [1.29, 1.82) is 0 Å². The van der Waals surface area contributed by atoms with Gasteiger partial charge in [0.1, 0.15) is 0 Å². The zero-order valence-electron chi connectivity index (χ0n) is 7.55. The number of hydrogen-bond donors (Lipinski definition) is 1. The fraction of sp³-hybridized carbons (Fsp3) is 1.00. The zero-order valence-corrected chi connectivity index (χ0v) is 7.55. The van der Waals surface area contributed by atoms with E-state index in [1.807, 2.05) is 0 Å². The van der Waals surface area contributed by atoms with Crippen molar-refractivity contribution in [3.63, 3.8) is 0 Å². The van der Waals surface area contributed by atoms with E-state index in [0.717, 1.165) is 25.7 Å². The summed E-state index contributed by atoms with van der Waals surface area (Å²) in [6, 6.07) is 0.411. The SMILES string of the molecule is CCC(CC)OC1CC(N)C1. The lowest BCUT2D eigenvalue weighted by Gasteiger charge is -2.34. The van der Waals surface area contributed by atoms with Crippen LogP contribution in [0.4, 0.5) is 0 Å². The van der Waals surface area contributed by atoms with E-state index in [0.29, 0.717) is 18.2 Å². The summed E-state index contributed by atoms with van der Waals surface area (Å²) in [4.78, 5) is 0. The Kier molecular flexibility index (Phi) is 3.34. The smallest absolute Gasteiger partial charge is 0.0608 e. The average molecular weight is 157 g/mol. The maximum atomic E-state index is 5.78. The third kappa shape index (κ3) is 2.46. The summed E-state index contributed by atoms with van der Waals surface area (Å²) in [5.41, 5.74) is 5.65. The molecule has 1 aliphatic rings. The molecule has 2 heteroatoms. The van der Waals surface area contributed by atoms with E-state index in [-0.39, 0.29) is 0 Å². The molecule has 0 aromatic rings. The molecular formula is C9H19NO. The molecule has 0 aromatic heterocycles. The van der Waals surface area contributed by atoms with Gasteiger partial charge in [-0.15, -0.1) is 0 Å². The molecule has 0 amide bonds. The van der Waals surface area contributed by atoms with Gasteiger partial charge in [0.25, 0.3) is 0 Å². The van der Waals surface area contributed by atoms with E-state index in [2.05, 4.69) is 13.8 Å². The van der Waals surface area contributed by atoms with E-state index in [4.69, 9.17) is 10.5 Å². The van der Waals surface area contributed by atoms with Crippen LogP contribution in [-0.2, 0) is 4.74 Å². The van der Waals surface area contributed by atoms with Crippen molar-refractivity contribution in [2.75, 3.05) is 0 Å². The number of rotatable bonds is 4. The van der Waals surface area contributed by atoms with Crippen LogP contribution in [0.15, 0.2) is 0 Å². The van der Waals surface area contributed by atoms with Crippen LogP contribution in [0.25, 0.3) is 0 Å². The van der Waals surface area contributed by atoms with E-state index in [1.165, 1.54) is 0 Å². The highest BCUT2D eigenvalue weighted by Gasteiger charge is 2.28. The number of nitrogens with two attached hydrogens (primary N) is 1. The second-order valence-corrected chi connectivity index (χ2v) is 3.43.